The van der Waals surface area contributed by atoms with Gasteiger partial charge in [0.15, 0.2) is 0 Å². The van der Waals surface area contributed by atoms with Crippen molar-refractivity contribution in [2.45, 2.75) is 50.6 Å². The van der Waals surface area contributed by atoms with E-state index >= 15 is 0 Å². The van der Waals surface area contributed by atoms with Gasteiger partial charge in [-0.25, -0.2) is 4.39 Å². The van der Waals surface area contributed by atoms with Gasteiger partial charge < -0.3 is 25.8 Å². The second-order valence-electron chi connectivity index (χ2n) is 8.65. The van der Waals surface area contributed by atoms with Gasteiger partial charge >= 0.3 is 6.18 Å². The van der Waals surface area contributed by atoms with Crippen molar-refractivity contribution in [1.29, 1.82) is 0 Å². The molecule has 0 radical (unpaired) electrons. The molecule has 0 fully saturated rings. The summed E-state index contributed by atoms with van der Waals surface area (Å²) in [4.78, 5) is 24.4. The van der Waals surface area contributed by atoms with Crippen LogP contribution in [0.25, 0.3) is 0 Å². The van der Waals surface area contributed by atoms with E-state index in [9.17, 15) is 32.3 Å². The van der Waals surface area contributed by atoms with Crippen LogP contribution in [0.5, 0.6) is 5.75 Å². The predicted octanol–water partition coefficient (Wildman–Crippen LogP) is 2.70. The van der Waals surface area contributed by atoms with Crippen molar-refractivity contribution in [3.63, 3.8) is 0 Å². The summed E-state index contributed by atoms with van der Waals surface area (Å²) in [6.07, 6.45) is -4.26. The first-order valence-corrected chi connectivity index (χ1v) is 11.6. The molecule has 2 aromatic carbocycles. The molecular weight excluding hydrogens is 482 g/mol. The Bertz CT molecular complexity index is 1050. The van der Waals surface area contributed by atoms with Gasteiger partial charge in [-0.2, -0.15) is 13.2 Å². The van der Waals surface area contributed by atoms with Crippen LogP contribution in [0, 0.1) is 5.82 Å². The summed E-state index contributed by atoms with van der Waals surface area (Å²) < 4.78 is 58.6. The van der Waals surface area contributed by atoms with Gasteiger partial charge in [-0.15, -0.1) is 0 Å². The van der Waals surface area contributed by atoms with Gasteiger partial charge in [0.1, 0.15) is 11.6 Å². The fourth-order valence-electron chi connectivity index (χ4n) is 3.83. The van der Waals surface area contributed by atoms with Crippen molar-refractivity contribution in [3.8, 4) is 5.75 Å². The number of aliphatic hydroxyl groups excluding tert-OH is 1. The van der Waals surface area contributed by atoms with Crippen LogP contribution in [-0.2, 0) is 28.7 Å². The number of carbonyl (C=O) groups excluding carboxylic acids is 2. The Morgan fingerprint density at radius 3 is 2.69 bits per heavy atom. The number of halogens is 4. The fourth-order valence-corrected chi connectivity index (χ4v) is 3.83. The molecule has 2 bridgehead atoms. The maximum absolute atomic E-state index is 14.2. The third-order valence-corrected chi connectivity index (χ3v) is 5.65. The molecule has 1 aliphatic rings. The topological polar surface area (TPSA) is 99.7 Å². The Morgan fingerprint density at radius 1 is 1.11 bits per heavy atom. The molecule has 0 aromatic heterocycles. The second kappa shape index (κ2) is 12.7. The molecule has 4 N–H and O–H groups in total. The summed E-state index contributed by atoms with van der Waals surface area (Å²) in [7, 11) is 0. The molecule has 11 heteroatoms. The SMILES string of the molecule is O=C1CCCCOc2cc(F)cc(c2)C[C@@H]([C@H](O)CNCc2cccc(C(F)(F)F)c2)NC(=O)CN1. The Labute approximate surface area is 206 Å². The molecule has 36 heavy (non-hydrogen) atoms. The summed E-state index contributed by atoms with van der Waals surface area (Å²) in [6.45, 7) is -0.00857. The van der Waals surface area contributed by atoms with E-state index in [-0.39, 0.29) is 38.4 Å². The van der Waals surface area contributed by atoms with Crippen LogP contribution >= 0.6 is 0 Å². The standard InChI is InChI=1S/C25H29F4N3O4/c26-19-9-17-10-20(12-19)36-7-2-1-6-23(34)31-15-24(35)32-21(11-17)22(33)14-30-13-16-4-3-5-18(8-16)25(27,28)29/h3-5,8-10,12,21-22,30,33H,1-2,6-7,11,13-15H2,(H,31,34)(H,32,35)/t21-,22+/m0/s1. The maximum atomic E-state index is 14.2. The molecule has 1 heterocycles. The van der Waals surface area contributed by atoms with Crippen LogP contribution in [-0.4, -0.2) is 48.8 Å². The zero-order valence-electron chi connectivity index (χ0n) is 19.5. The highest BCUT2D eigenvalue weighted by Crippen LogP contribution is 2.29. The highest BCUT2D eigenvalue weighted by atomic mass is 19.4. The minimum absolute atomic E-state index is 0.0512. The number of alkyl halides is 3. The van der Waals surface area contributed by atoms with Crippen molar-refractivity contribution in [2.75, 3.05) is 19.7 Å². The lowest BCUT2D eigenvalue weighted by atomic mass is 10.00. The number of nitrogens with one attached hydrogen (secondary N) is 3. The summed E-state index contributed by atoms with van der Waals surface area (Å²) in [6, 6.07) is 8.06. The van der Waals surface area contributed by atoms with E-state index in [1.807, 2.05) is 0 Å². The minimum Gasteiger partial charge on any atom is -0.493 e. The Balaban J connectivity index is 1.70. The first kappa shape index (κ1) is 27.4. The third-order valence-electron chi connectivity index (χ3n) is 5.65. The number of benzene rings is 2. The Morgan fingerprint density at radius 2 is 1.92 bits per heavy atom. The van der Waals surface area contributed by atoms with Crippen LogP contribution in [0.15, 0.2) is 42.5 Å². The molecule has 0 aliphatic carbocycles. The average molecular weight is 512 g/mol. The van der Waals surface area contributed by atoms with Gasteiger partial charge in [0.2, 0.25) is 11.8 Å². The molecule has 0 unspecified atom stereocenters. The molecule has 7 nitrogen and oxygen atoms in total. The quantitative estimate of drug-likeness (QED) is 0.463. The largest absolute Gasteiger partial charge is 0.493 e. The van der Waals surface area contributed by atoms with Gasteiger partial charge in [-0.05, 0) is 48.6 Å². The van der Waals surface area contributed by atoms with E-state index in [1.165, 1.54) is 24.3 Å². The highest BCUT2D eigenvalue weighted by molar-refractivity contribution is 5.84. The van der Waals surface area contributed by atoms with E-state index in [2.05, 4.69) is 16.0 Å². The van der Waals surface area contributed by atoms with Crippen LogP contribution in [0.4, 0.5) is 17.6 Å². The average Bonchev–Trinajstić information content (AvgIpc) is 2.81. The first-order chi connectivity index (χ1) is 17.1. The summed E-state index contributed by atoms with van der Waals surface area (Å²) in [5, 5.41) is 18.9. The van der Waals surface area contributed by atoms with E-state index < -0.39 is 35.6 Å². The minimum atomic E-state index is -4.46. The molecule has 0 spiro atoms. The molecule has 3 rings (SSSR count). The molecule has 0 saturated carbocycles. The van der Waals surface area contributed by atoms with Crippen molar-refractivity contribution in [1.82, 2.24) is 16.0 Å². The number of carbonyl (C=O) groups is 2. The molecular formula is C25H29F4N3O4. The normalized spacial score (nSPS) is 18.8. The number of fused-ring (bicyclic) bond motifs is 2. The first-order valence-electron chi connectivity index (χ1n) is 11.6. The molecule has 2 aromatic rings. The lowest BCUT2D eigenvalue weighted by molar-refractivity contribution is -0.137. The van der Waals surface area contributed by atoms with Gasteiger partial charge in [0.05, 0.1) is 30.9 Å². The lowest BCUT2D eigenvalue weighted by Gasteiger charge is -2.25. The fraction of sp³-hybridized carbons (Fsp3) is 0.440. The summed E-state index contributed by atoms with van der Waals surface area (Å²) in [5.74, 6) is -1.07. The number of hydrogen-bond donors (Lipinski definition) is 4. The Hall–Kier alpha value is -3.18. The number of rotatable bonds is 5. The van der Waals surface area contributed by atoms with Crippen LogP contribution in [0.3, 0.4) is 0 Å². The summed E-state index contributed by atoms with van der Waals surface area (Å²) in [5.41, 5.74) is 0.0755. The molecule has 2 atom stereocenters. The molecule has 1 aliphatic heterocycles. The molecule has 2 amide bonds. The third kappa shape index (κ3) is 8.80. The van der Waals surface area contributed by atoms with E-state index in [0.29, 0.717) is 36.3 Å². The Kier molecular flexibility index (Phi) is 9.65. The van der Waals surface area contributed by atoms with Crippen molar-refractivity contribution in [2.24, 2.45) is 0 Å². The van der Waals surface area contributed by atoms with E-state index in [0.717, 1.165) is 12.1 Å². The van der Waals surface area contributed by atoms with Crippen molar-refractivity contribution >= 4 is 11.8 Å². The van der Waals surface area contributed by atoms with Gasteiger partial charge in [-0.3, -0.25) is 9.59 Å². The van der Waals surface area contributed by atoms with Crippen LogP contribution in [0.1, 0.15) is 36.0 Å². The number of amides is 2. The zero-order chi connectivity index (χ0) is 26.1. The molecule has 0 saturated heterocycles. The van der Waals surface area contributed by atoms with E-state index in [1.54, 1.807) is 6.07 Å². The number of aliphatic hydroxyl groups is 1. The van der Waals surface area contributed by atoms with Gasteiger partial charge in [0.25, 0.3) is 0 Å². The van der Waals surface area contributed by atoms with Crippen molar-refractivity contribution < 1.29 is 37.0 Å². The van der Waals surface area contributed by atoms with Crippen molar-refractivity contribution in [3.05, 3.63) is 65.0 Å². The van der Waals surface area contributed by atoms with Crippen LogP contribution < -0.4 is 20.7 Å². The predicted molar refractivity (Wildman–Crippen MR) is 124 cm³/mol. The van der Waals surface area contributed by atoms with Gasteiger partial charge in [0, 0.05) is 25.6 Å². The maximum Gasteiger partial charge on any atom is 0.416 e. The smallest absolute Gasteiger partial charge is 0.416 e. The number of ether oxygens (including phenoxy) is 1. The highest BCUT2D eigenvalue weighted by Gasteiger charge is 2.30. The zero-order valence-corrected chi connectivity index (χ0v) is 19.5. The van der Waals surface area contributed by atoms with Crippen LogP contribution in [0.2, 0.25) is 0 Å². The number of hydrogen-bond acceptors (Lipinski definition) is 5. The monoisotopic (exact) mass is 511 g/mol. The van der Waals surface area contributed by atoms with Gasteiger partial charge in [-0.1, -0.05) is 18.2 Å². The molecule has 196 valence electrons. The second-order valence-corrected chi connectivity index (χ2v) is 8.65. The lowest BCUT2D eigenvalue weighted by Crippen LogP contribution is -2.51. The summed E-state index contributed by atoms with van der Waals surface area (Å²) >= 11 is 0. The van der Waals surface area contributed by atoms with E-state index in [4.69, 9.17) is 4.74 Å².